The van der Waals surface area contributed by atoms with Crippen molar-refractivity contribution in [1.29, 1.82) is 0 Å². The zero-order valence-corrected chi connectivity index (χ0v) is 16.0. The van der Waals surface area contributed by atoms with Crippen LogP contribution in [0.15, 0.2) is 53.0 Å². The van der Waals surface area contributed by atoms with Crippen molar-refractivity contribution in [2.24, 2.45) is 0 Å². The van der Waals surface area contributed by atoms with Gasteiger partial charge in [0.05, 0.1) is 11.1 Å². The number of benzene rings is 2. The first-order valence-corrected chi connectivity index (χ1v) is 8.94. The molecule has 2 N–H and O–H groups in total. The van der Waals surface area contributed by atoms with Crippen LogP contribution in [0.1, 0.15) is 22.3 Å². The fraction of sp³-hybridized carbons (Fsp3) is 0.263. The van der Waals surface area contributed by atoms with Gasteiger partial charge in [0.25, 0.3) is 5.91 Å². The lowest BCUT2D eigenvalue weighted by molar-refractivity contribution is -0.121. The zero-order chi connectivity index (χ0) is 18.8. The lowest BCUT2D eigenvalue weighted by Crippen LogP contribution is -2.41. The van der Waals surface area contributed by atoms with E-state index in [2.05, 4.69) is 26.8 Å². The molecule has 6 nitrogen and oxygen atoms in total. The van der Waals surface area contributed by atoms with E-state index < -0.39 is 5.91 Å². The van der Waals surface area contributed by atoms with E-state index in [9.17, 15) is 9.59 Å². The van der Waals surface area contributed by atoms with Crippen molar-refractivity contribution in [3.05, 3.63) is 64.1 Å². The summed E-state index contributed by atoms with van der Waals surface area (Å²) in [5, 5.41) is 0. The average molecular weight is 421 g/mol. The SMILES string of the molecule is COCCOc1ccc(C(=O)NNC(=O)CCc2ccccc2)cc1Br. The smallest absolute Gasteiger partial charge is 0.269 e. The Labute approximate surface area is 161 Å². The Hall–Kier alpha value is -2.38. The van der Waals surface area contributed by atoms with Crippen molar-refractivity contribution < 1.29 is 19.1 Å². The van der Waals surface area contributed by atoms with E-state index in [0.29, 0.717) is 41.8 Å². The number of halogens is 1. The largest absolute Gasteiger partial charge is 0.490 e. The van der Waals surface area contributed by atoms with E-state index in [1.807, 2.05) is 30.3 Å². The number of carbonyl (C=O) groups is 2. The number of ether oxygens (including phenoxy) is 2. The van der Waals surface area contributed by atoms with Gasteiger partial charge in [0, 0.05) is 19.1 Å². The Balaban J connectivity index is 1.79. The van der Waals surface area contributed by atoms with Gasteiger partial charge in [-0.2, -0.15) is 0 Å². The monoisotopic (exact) mass is 420 g/mol. The Bertz CT molecular complexity index is 738. The minimum atomic E-state index is -0.401. The van der Waals surface area contributed by atoms with Gasteiger partial charge < -0.3 is 9.47 Å². The van der Waals surface area contributed by atoms with Crippen LogP contribution >= 0.6 is 15.9 Å². The molecule has 0 heterocycles. The third kappa shape index (κ3) is 6.50. The molecule has 0 aromatic heterocycles. The molecule has 138 valence electrons. The van der Waals surface area contributed by atoms with Gasteiger partial charge in [-0.05, 0) is 46.1 Å². The molecule has 2 aromatic carbocycles. The molecule has 0 aliphatic rings. The van der Waals surface area contributed by atoms with Gasteiger partial charge in [-0.15, -0.1) is 0 Å². The molecule has 0 saturated carbocycles. The third-order valence-corrected chi connectivity index (χ3v) is 4.16. The van der Waals surface area contributed by atoms with Crippen LogP contribution in [0.5, 0.6) is 5.75 Å². The van der Waals surface area contributed by atoms with Gasteiger partial charge in [-0.1, -0.05) is 30.3 Å². The number of rotatable bonds is 8. The van der Waals surface area contributed by atoms with Gasteiger partial charge in [-0.25, -0.2) is 0 Å². The van der Waals surface area contributed by atoms with Crippen LogP contribution in [0, 0.1) is 0 Å². The number of amides is 2. The Kier molecular flexibility index (Phi) is 8.11. The van der Waals surface area contributed by atoms with Gasteiger partial charge >= 0.3 is 0 Å². The molecule has 0 spiro atoms. The summed E-state index contributed by atoms with van der Waals surface area (Å²) in [5.41, 5.74) is 6.31. The van der Waals surface area contributed by atoms with Crippen LogP contribution in [-0.2, 0) is 16.0 Å². The minimum Gasteiger partial charge on any atom is -0.490 e. The van der Waals surface area contributed by atoms with Gasteiger partial charge in [0.15, 0.2) is 0 Å². The summed E-state index contributed by atoms with van der Waals surface area (Å²) >= 11 is 3.37. The standard InChI is InChI=1S/C19H21BrN2O4/c1-25-11-12-26-17-9-8-15(13-16(17)20)19(24)22-21-18(23)10-7-14-5-3-2-4-6-14/h2-6,8-9,13H,7,10-12H2,1H3,(H,21,23)(H,22,24). The highest BCUT2D eigenvalue weighted by Gasteiger charge is 2.10. The number of carbonyl (C=O) groups excluding carboxylic acids is 2. The van der Waals surface area contributed by atoms with Crippen molar-refractivity contribution in [3.8, 4) is 5.75 Å². The predicted octanol–water partition coefficient (Wildman–Crippen LogP) is 2.87. The second-order valence-corrected chi connectivity index (χ2v) is 6.33. The molecule has 26 heavy (non-hydrogen) atoms. The molecule has 0 radical (unpaired) electrons. The molecule has 2 aromatic rings. The number of hydrazine groups is 1. The summed E-state index contributed by atoms with van der Waals surface area (Å²) in [6.45, 7) is 0.891. The van der Waals surface area contributed by atoms with Crippen molar-refractivity contribution in [1.82, 2.24) is 10.9 Å². The maximum atomic E-state index is 12.1. The van der Waals surface area contributed by atoms with Crippen molar-refractivity contribution in [3.63, 3.8) is 0 Å². The molecule has 0 fully saturated rings. The first kappa shape index (κ1) is 19.9. The number of aryl methyl sites for hydroxylation is 1. The molecule has 2 rings (SSSR count). The highest BCUT2D eigenvalue weighted by atomic mass is 79.9. The van der Waals surface area contributed by atoms with Crippen molar-refractivity contribution in [2.75, 3.05) is 20.3 Å². The Morgan fingerprint density at radius 1 is 1.04 bits per heavy atom. The molecular weight excluding hydrogens is 400 g/mol. The van der Waals surface area contributed by atoms with Gasteiger partial charge in [0.1, 0.15) is 12.4 Å². The topological polar surface area (TPSA) is 76.7 Å². The highest BCUT2D eigenvalue weighted by molar-refractivity contribution is 9.10. The van der Waals surface area contributed by atoms with Crippen LogP contribution < -0.4 is 15.6 Å². The molecule has 0 aliphatic carbocycles. The molecule has 0 saturated heterocycles. The lowest BCUT2D eigenvalue weighted by atomic mass is 10.1. The molecule has 2 amide bonds. The fourth-order valence-electron chi connectivity index (χ4n) is 2.16. The second-order valence-electron chi connectivity index (χ2n) is 5.47. The highest BCUT2D eigenvalue weighted by Crippen LogP contribution is 2.25. The summed E-state index contributed by atoms with van der Waals surface area (Å²) in [4.78, 5) is 24.0. The number of nitrogens with one attached hydrogen (secondary N) is 2. The van der Waals surface area contributed by atoms with Gasteiger partial charge in [0.2, 0.25) is 5.91 Å². The predicted molar refractivity (Wildman–Crippen MR) is 102 cm³/mol. The summed E-state index contributed by atoms with van der Waals surface area (Å²) in [6, 6.07) is 14.6. The van der Waals surface area contributed by atoms with E-state index >= 15 is 0 Å². The van der Waals surface area contributed by atoms with Crippen molar-refractivity contribution >= 4 is 27.7 Å². The van der Waals surface area contributed by atoms with Crippen molar-refractivity contribution in [2.45, 2.75) is 12.8 Å². The second kappa shape index (κ2) is 10.6. The fourth-order valence-corrected chi connectivity index (χ4v) is 2.65. The van der Waals surface area contributed by atoms with E-state index in [1.54, 1.807) is 25.3 Å². The molecule has 0 bridgehead atoms. The first-order valence-electron chi connectivity index (χ1n) is 8.14. The van der Waals surface area contributed by atoms with Crippen LogP contribution in [0.2, 0.25) is 0 Å². The first-order chi connectivity index (χ1) is 12.6. The summed E-state index contributed by atoms with van der Waals surface area (Å²) in [6.07, 6.45) is 0.905. The van der Waals surface area contributed by atoms with Gasteiger partial charge in [-0.3, -0.25) is 20.4 Å². The zero-order valence-electron chi connectivity index (χ0n) is 14.5. The number of hydrogen-bond donors (Lipinski definition) is 2. The summed E-state index contributed by atoms with van der Waals surface area (Å²) in [7, 11) is 1.60. The third-order valence-electron chi connectivity index (χ3n) is 3.54. The Morgan fingerprint density at radius 2 is 1.81 bits per heavy atom. The summed E-state index contributed by atoms with van der Waals surface area (Å²) < 4.78 is 11.1. The average Bonchev–Trinajstić information content (AvgIpc) is 2.66. The number of methoxy groups -OCH3 is 1. The van der Waals surface area contributed by atoms with Crippen LogP contribution in [0.25, 0.3) is 0 Å². The molecule has 0 aliphatic heterocycles. The van der Waals surface area contributed by atoms with Crippen LogP contribution in [0.4, 0.5) is 0 Å². The minimum absolute atomic E-state index is 0.249. The van der Waals surface area contributed by atoms with Crippen LogP contribution in [-0.4, -0.2) is 32.1 Å². The van der Waals surface area contributed by atoms with Crippen LogP contribution in [0.3, 0.4) is 0 Å². The Morgan fingerprint density at radius 3 is 2.50 bits per heavy atom. The van der Waals surface area contributed by atoms with E-state index in [0.717, 1.165) is 5.56 Å². The quantitative estimate of drug-likeness (QED) is 0.508. The molecule has 7 heteroatoms. The maximum absolute atomic E-state index is 12.1. The number of hydrogen-bond acceptors (Lipinski definition) is 4. The normalized spacial score (nSPS) is 10.2. The molecule has 0 unspecified atom stereocenters. The van der Waals surface area contributed by atoms with E-state index in [4.69, 9.17) is 9.47 Å². The van der Waals surface area contributed by atoms with E-state index in [1.165, 1.54) is 0 Å². The molecular formula is C19H21BrN2O4. The molecule has 0 atom stereocenters. The summed E-state index contributed by atoms with van der Waals surface area (Å²) in [5.74, 6) is -0.0338. The maximum Gasteiger partial charge on any atom is 0.269 e. The van der Waals surface area contributed by atoms with E-state index in [-0.39, 0.29) is 5.91 Å². The lowest BCUT2D eigenvalue weighted by Gasteiger charge is -2.10.